The van der Waals surface area contributed by atoms with E-state index in [0.29, 0.717) is 6.04 Å². The zero-order valence-corrected chi connectivity index (χ0v) is 14.2. The quantitative estimate of drug-likeness (QED) is 0.353. The number of carbonyl (C=O) groups is 2. The number of aliphatic carboxylic acids is 2. The van der Waals surface area contributed by atoms with Gasteiger partial charge in [0.25, 0.3) is 0 Å². The van der Waals surface area contributed by atoms with Crippen molar-refractivity contribution in [3.8, 4) is 0 Å². The molecule has 0 aromatic rings. The molecule has 1 rings (SSSR count). The Morgan fingerprint density at radius 1 is 1.00 bits per heavy atom. The molecule has 0 atom stereocenters. The monoisotopic (exact) mass is 481 g/mol. The number of carboxylic acid groups (broad SMARTS) is 2. The van der Waals surface area contributed by atoms with Gasteiger partial charge < -0.3 is 49.6 Å². The number of carboxylic acids is 2. The maximum Gasteiger partial charge on any atom is 4.00 e. The van der Waals surface area contributed by atoms with E-state index in [1.165, 1.54) is 32.1 Å². The van der Waals surface area contributed by atoms with Gasteiger partial charge in [-0.1, -0.05) is 19.3 Å². The Morgan fingerprint density at radius 2 is 1.21 bits per heavy atom. The topological polar surface area (TPSA) is 171 Å². The van der Waals surface area contributed by atoms with Crippen molar-refractivity contribution in [3.05, 3.63) is 0 Å². The third-order valence-electron chi connectivity index (χ3n) is 1.65. The summed E-state index contributed by atoms with van der Waals surface area (Å²) in [5.41, 5.74) is 5.63. The average molecular weight is 482 g/mol. The summed E-state index contributed by atoms with van der Waals surface area (Å²) in [5, 5.41) is 17.8. The number of halogens is 1. The Balaban J connectivity index is -0.0000000320. The van der Waals surface area contributed by atoms with E-state index in [-0.39, 0.29) is 45.1 Å². The molecule has 120 valence electrons. The van der Waals surface area contributed by atoms with Crippen LogP contribution in [-0.4, -0.2) is 23.5 Å². The number of rotatable bonds is 0. The molecule has 0 heterocycles. The van der Waals surface area contributed by atoms with E-state index >= 15 is 0 Å². The van der Waals surface area contributed by atoms with E-state index in [2.05, 4.69) is 0 Å². The van der Waals surface area contributed by atoms with E-state index in [1.54, 1.807) is 0 Å². The first-order valence-electron chi connectivity index (χ1n) is 4.97. The number of carbonyl (C=O) groups excluding carboxylic acids is 2. The summed E-state index contributed by atoms with van der Waals surface area (Å²) >= 11 is 0. The molecule has 9 heteroatoms. The standard InChI is InChI=1S/C6H13N.2C2H4O2.ClH.H3N.H2O.Pt/c7-6-4-2-1-3-5-6;2*1-2(3)4;;;;/h6H,1-5,7H2;2*1H3,(H,3,4);1H;1H3;1H2;/q;;;;;;+4/p-4. The second-order valence-electron chi connectivity index (χ2n) is 3.38. The van der Waals surface area contributed by atoms with Crippen LogP contribution in [0.4, 0.5) is 0 Å². The first-order chi connectivity index (χ1) is 6.86. The Kier molecular flexibility index (Phi) is 50.5. The molecule has 7 nitrogen and oxygen atoms in total. The molecule has 0 aromatic heterocycles. The van der Waals surface area contributed by atoms with Crippen LogP contribution in [0.1, 0.15) is 46.0 Å². The van der Waals surface area contributed by atoms with Crippen molar-refractivity contribution >= 4 is 11.9 Å². The van der Waals surface area contributed by atoms with Crippen LogP contribution in [0.5, 0.6) is 0 Å². The Hall–Kier alpha value is -0.202. The molecule has 0 spiro atoms. The van der Waals surface area contributed by atoms with Crippen LogP contribution < -0.4 is 34.5 Å². The van der Waals surface area contributed by atoms with E-state index in [9.17, 15) is 0 Å². The van der Waals surface area contributed by atoms with E-state index in [4.69, 9.17) is 25.5 Å². The minimum atomic E-state index is -1.08. The molecular formula is C10H23ClN2O5Pt. The molecule has 0 aromatic carbocycles. The van der Waals surface area contributed by atoms with Crippen molar-refractivity contribution in [2.45, 2.75) is 52.0 Å². The van der Waals surface area contributed by atoms with Gasteiger partial charge in [0.15, 0.2) is 0 Å². The molecule has 0 radical (unpaired) electrons. The molecule has 0 aliphatic heterocycles. The van der Waals surface area contributed by atoms with Gasteiger partial charge in [-0.05, 0) is 26.7 Å². The minimum Gasteiger partial charge on any atom is -1.00 e. The van der Waals surface area contributed by atoms with Crippen molar-refractivity contribution in [1.29, 1.82) is 0 Å². The van der Waals surface area contributed by atoms with Crippen LogP contribution in [0.2, 0.25) is 0 Å². The fourth-order valence-corrected chi connectivity index (χ4v) is 1.13. The minimum absolute atomic E-state index is 0. The fourth-order valence-electron chi connectivity index (χ4n) is 1.13. The summed E-state index contributed by atoms with van der Waals surface area (Å²) in [6.45, 7) is 1.94. The second kappa shape index (κ2) is 26.4. The third-order valence-corrected chi connectivity index (χ3v) is 1.65. The van der Waals surface area contributed by atoms with Gasteiger partial charge in [-0.3, -0.25) is 0 Å². The van der Waals surface area contributed by atoms with Gasteiger partial charge in [-0.2, -0.15) is 0 Å². The normalized spacial score (nSPS) is 11.9. The third kappa shape index (κ3) is 73.0. The van der Waals surface area contributed by atoms with Crippen LogP contribution in [0.3, 0.4) is 0 Å². The molecule has 1 aliphatic carbocycles. The van der Waals surface area contributed by atoms with Gasteiger partial charge in [0, 0.05) is 18.0 Å². The van der Waals surface area contributed by atoms with Crippen LogP contribution >= 0.6 is 0 Å². The molecular weight excluding hydrogens is 459 g/mol. The molecule has 1 saturated carbocycles. The first kappa shape index (κ1) is 36.4. The second-order valence-corrected chi connectivity index (χ2v) is 3.38. The maximum absolute atomic E-state index is 8.89. The average Bonchev–Trinajstić information content (AvgIpc) is 2.03. The number of hydrogen-bond donors (Lipinski definition) is 2. The fraction of sp³-hybridized carbons (Fsp3) is 0.800. The summed E-state index contributed by atoms with van der Waals surface area (Å²) in [4.78, 5) is 17.8. The predicted molar refractivity (Wildman–Crippen MR) is 59.4 cm³/mol. The van der Waals surface area contributed by atoms with E-state index < -0.39 is 11.9 Å². The van der Waals surface area contributed by atoms with Crippen molar-refractivity contribution in [1.82, 2.24) is 6.15 Å². The zero-order valence-electron chi connectivity index (χ0n) is 11.2. The maximum atomic E-state index is 8.89. The van der Waals surface area contributed by atoms with E-state index in [0.717, 1.165) is 13.8 Å². The number of hydrogen-bond acceptors (Lipinski definition) is 7. The summed E-state index contributed by atoms with van der Waals surface area (Å²) in [5.74, 6) is -2.17. The largest absolute Gasteiger partial charge is 4.00 e. The molecule has 0 saturated heterocycles. The first-order valence-corrected chi connectivity index (χ1v) is 4.97. The molecule has 6 N–H and O–H groups in total. The molecule has 19 heavy (non-hydrogen) atoms. The van der Waals surface area contributed by atoms with E-state index in [1.807, 2.05) is 0 Å². The van der Waals surface area contributed by atoms with Crippen molar-refractivity contribution in [2.24, 2.45) is 5.73 Å². The van der Waals surface area contributed by atoms with Gasteiger partial charge in [-0.15, -0.1) is 0 Å². The van der Waals surface area contributed by atoms with Gasteiger partial charge in [0.1, 0.15) is 0 Å². The Labute approximate surface area is 134 Å². The number of nitrogens with two attached hydrogens (primary N) is 1. The summed E-state index contributed by atoms with van der Waals surface area (Å²) in [6, 6.07) is 0.536. The van der Waals surface area contributed by atoms with Gasteiger partial charge in [0.2, 0.25) is 0 Å². The summed E-state index contributed by atoms with van der Waals surface area (Å²) in [7, 11) is 0. The smallest absolute Gasteiger partial charge is 1.00 e. The van der Waals surface area contributed by atoms with Gasteiger partial charge in [0.05, 0.1) is 0 Å². The summed E-state index contributed by atoms with van der Waals surface area (Å²) < 4.78 is 0. The zero-order chi connectivity index (χ0) is 12.3. The molecule has 0 bridgehead atoms. The molecule has 1 fully saturated rings. The Morgan fingerprint density at radius 3 is 1.32 bits per heavy atom. The van der Waals surface area contributed by atoms with Crippen LogP contribution in [0.25, 0.3) is 0 Å². The van der Waals surface area contributed by atoms with Crippen molar-refractivity contribution in [3.63, 3.8) is 0 Å². The molecule has 1 aliphatic rings. The molecule has 0 amide bonds. The molecule has 0 unspecified atom stereocenters. The summed E-state index contributed by atoms with van der Waals surface area (Å²) in [6.07, 6.45) is 6.66. The van der Waals surface area contributed by atoms with Crippen LogP contribution in [0.15, 0.2) is 0 Å². The van der Waals surface area contributed by atoms with Crippen molar-refractivity contribution < 1.29 is 58.8 Å². The van der Waals surface area contributed by atoms with Gasteiger partial charge >= 0.3 is 21.1 Å². The predicted octanol–water partition coefficient (Wildman–Crippen LogP) is -4.22. The van der Waals surface area contributed by atoms with Crippen LogP contribution in [0, 0.1) is 0 Å². The van der Waals surface area contributed by atoms with Gasteiger partial charge in [-0.25, -0.2) is 0 Å². The SMILES string of the molecule is CC(=O)[O-].CC(=O)[O-].N.NC1CCCCC1.[Cl-].[OH-].[Pt+4]. The van der Waals surface area contributed by atoms with Crippen molar-refractivity contribution in [2.75, 3.05) is 0 Å². The Bertz CT molecular complexity index is 173. The van der Waals surface area contributed by atoms with Crippen LogP contribution in [-0.2, 0) is 30.7 Å².